The van der Waals surface area contributed by atoms with E-state index in [1.54, 1.807) is 30.3 Å². The monoisotopic (exact) mass is 617 g/mol. The Balaban J connectivity index is 1.93. The van der Waals surface area contributed by atoms with Crippen LogP contribution in [-0.2, 0) is 23.6 Å². The quantitative estimate of drug-likeness (QED) is 0.157. The minimum Gasteiger partial charge on any atom is -0.403 e. The summed E-state index contributed by atoms with van der Waals surface area (Å²) in [5.41, 5.74) is 9.74. The van der Waals surface area contributed by atoms with Gasteiger partial charge in [-0.1, -0.05) is 54.4 Å². The number of hydrazine groups is 1. The second kappa shape index (κ2) is 12.3. The first-order valence-electron chi connectivity index (χ1n) is 12.8. The molecule has 1 aromatic heterocycles. The fourth-order valence-electron chi connectivity index (χ4n) is 4.74. The zero-order chi connectivity index (χ0) is 30.9. The van der Waals surface area contributed by atoms with Crippen LogP contribution in [0.2, 0.25) is 5.02 Å². The summed E-state index contributed by atoms with van der Waals surface area (Å²) < 4.78 is 54.4. The van der Waals surface area contributed by atoms with Crippen molar-refractivity contribution in [3.8, 4) is 16.8 Å². The van der Waals surface area contributed by atoms with Crippen LogP contribution in [-0.4, -0.2) is 25.1 Å². The van der Waals surface area contributed by atoms with Crippen molar-refractivity contribution in [1.29, 1.82) is 0 Å². The molecule has 0 fully saturated rings. The van der Waals surface area contributed by atoms with Crippen molar-refractivity contribution in [3.05, 3.63) is 106 Å². The van der Waals surface area contributed by atoms with Gasteiger partial charge in [0.25, 0.3) is 0 Å². The van der Waals surface area contributed by atoms with Crippen LogP contribution in [0, 0.1) is 13.8 Å². The molecule has 4 rings (SSSR count). The van der Waals surface area contributed by atoms with Gasteiger partial charge in [0.05, 0.1) is 34.5 Å². The molecule has 0 saturated carbocycles. The minimum atomic E-state index is -4.64. The Morgan fingerprint density at radius 2 is 1.81 bits per heavy atom. The number of halogens is 4. The summed E-state index contributed by atoms with van der Waals surface area (Å²) in [6.07, 6.45) is -0.871. The maximum absolute atomic E-state index is 13.6. The van der Waals surface area contributed by atoms with Crippen molar-refractivity contribution in [1.82, 2.24) is 9.55 Å². The summed E-state index contributed by atoms with van der Waals surface area (Å²) in [6, 6.07) is 16.2. The average Bonchev–Trinajstić information content (AvgIpc) is 3.34. The molecule has 2 atom stereocenters. The maximum atomic E-state index is 13.6. The molecule has 5 N–H and O–H groups in total. The maximum Gasteiger partial charge on any atom is 0.434 e. The Hall–Kier alpha value is -3.64. The van der Waals surface area contributed by atoms with E-state index >= 15 is 0 Å². The van der Waals surface area contributed by atoms with Gasteiger partial charge >= 0.3 is 6.18 Å². The van der Waals surface area contributed by atoms with E-state index in [1.807, 2.05) is 38.1 Å². The Labute approximate surface area is 249 Å². The van der Waals surface area contributed by atoms with Crippen molar-refractivity contribution < 1.29 is 22.5 Å². The predicted octanol–water partition coefficient (Wildman–Crippen LogP) is 6.34. The Morgan fingerprint density at radius 3 is 2.36 bits per heavy atom. The van der Waals surface area contributed by atoms with E-state index < -0.39 is 29.3 Å². The van der Waals surface area contributed by atoms with Crippen LogP contribution < -0.4 is 16.6 Å². The second-order valence-corrected chi connectivity index (χ2v) is 11.6. The van der Waals surface area contributed by atoms with Gasteiger partial charge in [-0.3, -0.25) is 9.22 Å². The third kappa shape index (κ3) is 6.24. The predicted molar refractivity (Wildman–Crippen MR) is 161 cm³/mol. The van der Waals surface area contributed by atoms with Gasteiger partial charge < -0.3 is 15.4 Å². The molecule has 12 heteroatoms. The number of nitrogens with zero attached hydrogens (tertiary/aromatic N) is 3. The Morgan fingerprint density at radius 1 is 1.14 bits per heavy atom. The Kier molecular flexibility index (Phi) is 9.17. The van der Waals surface area contributed by atoms with E-state index in [1.165, 1.54) is 29.0 Å². The van der Waals surface area contributed by atoms with Gasteiger partial charge in [-0.2, -0.15) is 13.2 Å². The summed E-state index contributed by atoms with van der Waals surface area (Å²) in [5, 5.41) is 11.3. The number of hydrogen-bond donors (Lipinski definition) is 3. The van der Waals surface area contributed by atoms with Gasteiger partial charge in [-0.15, -0.1) is 0 Å². The molecule has 7 nitrogen and oxygen atoms in total. The van der Waals surface area contributed by atoms with E-state index in [4.69, 9.17) is 23.2 Å². The van der Waals surface area contributed by atoms with Crippen molar-refractivity contribution in [2.24, 2.45) is 11.6 Å². The van der Waals surface area contributed by atoms with Crippen LogP contribution in [0.4, 0.5) is 18.9 Å². The molecular weight excluding hydrogens is 587 g/mol. The fourth-order valence-corrected chi connectivity index (χ4v) is 5.89. The first-order chi connectivity index (χ1) is 19.8. The highest BCUT2D eigenvalue weighted by atomic mass is 35.5. The molecule has 42 heavy (non-hydrogen) atoms. The number of aliphatic hydroxyl groups excluding tert-OH is 1. The summed E-state index contributed by atoms with van der Waals surface area (Å²) in [5.74, 6) is 6.55. The van der Waals surface area contributed by atoms with Gasteiger partial charge in [-0.05, 0) is 54.8 Å². The van der Waals surface area contributed by atoms with Crippen LogP contribution in [0.1, 0.15) is 41.1 Å². The SMILES string of the molecule is Cc1ccc(C(C)/C(=C/N)N(N)c2cc(-c3cc(Cl)c(CO)c(S(C)=O)c3)ccc2-n2cc(C(F)(F)F)nc2C)cc1. The molecule has 0 spiro atoms. The lowest BCUT2D eigenvalue weighted by Gasteiger charge is -2.29. The molecule has 0 saturated heterocycles. The van der Waals surface area contributed by atoms with E-state index in [9.17, 15) is 22.5 Å². The zero-order valence-corrected chi connectivity index (χ0v) is 25.0. The largest absolute Gasteiger partial charge is 0.434 e. The van der Waals surface area contributed by atoms with Crippen LogP contribution in [0.3, 0.4) is 0 Å². The number of aliphatic hydroxyl groups is 1. The van der Waals surface area contributed by atoms with Crippen LogP contribution in [0.5, 0.6) is 0 Å². The summed E-state index contributed by atoms with van der Waals surface area (Å²) in [7, 11) is -1.45. The minimum absolute atomic E-state index is 0.105. The lowest BCUT2D eigenvalue weighted by atomic mass is 9.96. The number of imidazole rings is 1. The summed E-state index contributed by atoms with van der Waals surface area (Å²) in [6.45, 7) is 4.98. The molecule has 3 aromatic carbocycles. The number of aryl methyl sites for hydroxylation is 2. The first kappa shape index (κ1) is 31.3. The van der Waals surface area contributed by atoms with Crippen molar-refractivity contribution in [2.45, 2.75) is 44.4 Å². The molecule has 0 bridgehead atoms. The highest BCUT2D eigenvalue weighted by Crippen LogP contribution is 2.38. The summed E-state index contributed by atoms with van der Waals surface area (Å²) in [4.78, 5) is 4.09. The molecule has 0 aliphatic rings. The number of hydrogen-bond acceptors (Lipinski definition) is 6. The van der Waals surface area contributed by atoms with E-state index in [0.29, 0.717) is 38.7 Å². The molecule has 222 valence electrons. The Bertz CT molecular complexity index is 1670. The molecule has 4 aromatic rings. The van der Waals surface area contributed by atoms with Gasteiger partial charge in [0, 0.05) is 40.1 Å². The summed E-state index contributed by atoms with van der Waals surface area (Å²) >= 11 is 6.44. The smallest absolute Gasteiger partial charge is 0.403 e. The third-order valence-corrected chi connectivity index (χ3v) is 8.41. The fraction of sp³-hybridized carbons (Fsp3) is 0.233. The second-order valence-electron chi connectivity index (χ2n) is 9.89. The molecule has 0 aliphatic heterocycles. The van der Waals surface area contributed by atoms with E-state index in [2.05, 4.69) is 4.98 Å². The molecule has 2 unspecified atom stereocenters. The van der Waals surface area contributed by atoms with Crippen LogP contribution in [0.15, 0.2) is 77.6 Å². The van der Waals surface area contributed by atoms with Gasteiger partial charge in [0.1, 0.15) is 5.82 Å². The molecule has 0 aliphatic carbocycles. The average molecular weight is 618 g/mol. The lowest BCUT2D eigenvalue weighted by Crippen LogP contribution is -2.34. The number of aromatic nitrogens is 2. The zero-order valence-electron chi connectivity index (χ0n) is 23.4. The molecule has 0 amide bonds. The van der Waals surface area contributed by atoms with Gasteiger partial charge in [0.15, 0.2) is 5.69 Å². The highest BCUT2D eigenvalue weighted by molar-refractivity contribution is 7.84. The number of rotatable bonds is 8. The van der Waals surface area contributed by atoms with Gasteiger partial charge in [-0.25, -0.2) is 10.8 Å². The van der Waals surface area contributed by atoms with Crippen LogP contribution in [0.25, 0.3) is 16.8 Å². The van der Waals surface area contributed by atoms with E-state index in [0.717, 1.165) is 17.3 Å². The van der Waals surface area contributed by atoms with Crippen molar-refractivity contribution in [2.75, 3.05) is 11.3 Å². The molecule has 0 radical (unpaired) electrons. The standard InChI is InChI=1S/C30H31ClF3N5O2S/c1-17-5-7-20(8-6-17)18(2)27(14-35)39(36)26-12-21(22-11-24(31)23(16-40)28(13-22)42(4)41)9-10-25(26)38-15-29(30(32,33)34)37-19(38)3/h5-15,18,40H,16,35-36H2,1-4H3/b27-14-. The highest BCUT2D eigenvalue weighted by Gasteiger charge is 2.35. The first-order valence-corrected chi connectivity index (χ1v) is 14.8. The molecule has 1 heterocycles. The molecular formula is C30H31ClF3N5O2S. The van der Waals surface area contributed by atoms with Gasteiger partial charge in [0.2, 0.25) is 0 Å². The van der Waals surface area contributed by atoms with Crippen molar-refractivity contribution in [3.63, 3.8) is 0 Å². The normalized spacial score (nSPS) is 13.7. The van der Waals surface area contributed by atoms with E-state index in [-0.39, 0.29) is 16.8 Å². The number of allylic oxidation sites excluding steroid dienone is 1. The number of alkyl halides is 3. The van der Waals surface area contributed by atoms with Crippen molar-refractivity contribution >= 4 is 28.1 Å². The third-order valence-electron chi connectivity index (χ3n) is 7.09. The number of benzene rings is 3. The lowest BCUT2D eigenvalue weighted by molar-refractivity contribution is -0.141. The topological polar surface area (TPSA) is 110 Å². The number of nitrogens with two attached hydrogens (primary N) is 2. The number of anilines is 1. The van der Waals surface area contributed by atoms with Crippen LogP contribution >= 0.6 is 11.6 Å².